The summed E-state index contributed by atoms with van der Waals surface area (Å²) < 4.78 is 10.3. The van der Waals surface area contributed by atoms with Crippen LogP contribution < -0.4 is 19.7 Å². The second-order valence-corrected chi connectivity index (χ2v) is 6.39. The normalized spacial score (nSPS) is 16.9. The first-order valence-electron chi connectivity index (χ1n) is 8.10. The van der Waals surface area contributed by atoms with Gasteiger partial charge in [0.2, 0.25) is 6.79 Å². The van der Waals surface area contributed by atoms with E-state index >= 15 is 0 Å². The van der Waals surface area contributed by atoms with Gasteiger partial charge in [0.25, 0.3) is 17.5 Å². The van der Waals surface area contributed by atoms with Crippen molar-refractivity contribution in [2.45, 2.75) is 0 Å². The highest BCUT2D eigenvalue weighted by Gasteiger charge is 2.37. The minimum atomic E-state index is -0.975. The van der Waals surface area contributed by atoms with Gasteiger partial charge in [-0.25, -0.2) is 9.69 Å². The Morgan fingerprint density at radius 3 is 2.41 bits per heavy atom. The Bertz CT molecular complexity index is 1110. The Morgan fingerprint density at radius 2 is 1.76 bits per heavy atom. The molecule has 1 fully saturated rings. The quantitative estimate of drug-likeness (QED) is 0.353. The number of ether oxygens (including phenoxy) is 2. The minimum Gasteiger partial charge on any atom is -0.454 e. The van der Waals surface area contributed by atoms with Crippen LogP contribution in [0.3, 0.4) is 0 Å². The van der Waals surface area contributed by atoms with Crippen LogP contribution in [0.25, 0.3) is 6.08 Å². The summed E-state index contributed by atoms with van der Waals surface area (Å²) >= 11 is 5.82. The molecule has 2 aromatic carbocycles. The molecule has 0 atom stereocenters. The van der Waals surface area contributed by atoms with E-state index in [0.717, 1.165) is 17.0 Å². The number of hydrogen-bond acceptors (Lipinski definition) is 7. The number of barbiturate groups is 1. The zero-order valence-electron chi connectivity index (χ0n) is 14.4. The largest absolute Gasteiger partial charge is 0.454 e. The van der Waals surface area contributed by atoms with Crippen LogP contribution in [-0.2, 0) is 9.59 Å². The summed E-state index contributed by atoms with van der Waals surface area (Å²) in [5.74, 6) is -1.50. The number of nitro benzene ring substituents is 1. The lowest BCUT2D eigenvalue weighted by Gasteiger charge is -2.26. The SMILES string of the molecule is O=C1NC(=O)N(c2ccc(Cl)cc2)C(=O)C1=Cc1cc2c(cc1[N+](=O)[O-])OCO2. The average molecular weight is 416 g/mol. The van der Waals surface area contributed by atoms with E-state index in [1.807, 2.05) is 5.32 Å². The number of carbonyl (C=O) groups is 3. The van der Waals surface area contributed by atoms with E-state index in [1.54, 1.807) is 0 Å². The van der Waals surface area contributed by atoms with Gasteiger partial charge in [0.15, 0.2) is 11.5 Å². The average Bonchev–Trinajstić information content (AvgIpc) is 3.13. The molecule has 4 amide bonds. The molecular formula is C18H10ClN3O7. The first-order chi connectivity index (χ1) is 13.8. The number of urea groups is 1. The monoisotopic (exact) mass is 415 g/mol. The number of hydrogen-bond donors (Lipinski definition) is 1. The standard InChI is InChI=1S/C18H10ClN3O7/c19-10-1-3-11(4-2-10)21-17(24)12(16(23)20-18(21)25)5-9-6-14-15(29-8-28-14)7-13(9)22(26)27/h1-7H,8H2,(H,20,23,25). The number of fused-ring (bicyclic) bond motifs is 1. The van der Waals surface area contributed by atoms with Crippen LogP contribution in [0.4, 0.5) is 16.2 Å². The summed E-state index contributed by atoms with van der Waals surface area (Å²) in [7, 11) is 0. The number of carbonyl (C=O) groups excluding carboxylic acids is 3. The van der Waals surface area contributed by atoms with Gasteiger partial charge in [0.1, 0.15) is 5.57 Å². The molecule has 1 saturated heterocycles. The third-order valence-corrected chi connectivity index (χ3v) is 4.46. The van der Waals surface area contributed by atoms with E-state index in [0.29, 0.717) is 5.02 Å². The van der Waals surface area contributed by atoms with Gasteiger partial charge in [-0.15, -0.1) is 0 Å². The van der Waals surface area contributed by atoms with Crippen molar-refractivity contribution in [2.24, 2.45) is 0 Å². The highest BCUT2D eigenvalue weighted by molar-refractivity contribution is 6.39. The highest BCUT2D eigenvalue weighted by Crippen LogP contribution is 2.39. The first kappa shape index (κ1) is 18.4. The van der Waals surface area contributed by atoms with Crippen molar-refractivity contribution in [3.63, 3.8) is 0 Å². The topological polar surface area (TPSA) is 128 Å². The van der Waals surface area contributed by atoms with Crippen molar-refractivity contribution < 1.29 is 28.8 Å². The number of imide groups is 2. The third-order valence-electron chi connectivity index (χ3n) is 4.20. The first-order valence-corrected chi connectivity index (χ1v) is 8.48. The molecule has 0 saturated carbocycles. The maximum Gasteiger partial charge on any atom is 0.335 e. The van der Waals surface area contributed by atoms with Crippen LogP contribution in [0.2, 0.25) is 5.02 Å². The van der Waals surface area contributed by atoms with Gasteiger partial charge >= 0.3 is 6.03 Å². The van der Waals surface area contributed by atoms with Crippen molar-refractivity contribution in [3.05, 3.63) is 62.7 Å². The Hall–Kier alpha value is -3.92. The number of anilines is 1. The molecule has 4 rings (SSSR count). The van der Waals surface area contributed by atoms with Crippen LogP contribution in [0.1, 0.15) is 5.56 Å². The lowest BCUT2D eigenvalue weighted by Crippen LogP contribution is -2.54. The summed E-state index contributed by atoms with van der Waals surface area (Å²) in [4.78, 5) is 48.8. The number of benzene rings is 2. The Labute approximate surface area is 167 Å². The van der Waals surface area contributed by atoms with Crippen LogP contribution in [0.5, 0.6) is 11.5 Å². The zero-order valence-corrected chi connectivity index (χ0v) is 15.1. The Balaban J connectivity index is 1.79. The van der Waals surface area contributed by atoms with E-state index in [1.165, 1.54) is 30.3 Å². The van der Waals surface area contributed by atoms with Gasteiger partial charge in [-0.1, -0.05) is 11.6 Å². The Kier molecular flexibility index (Phi) is 4.40. The molecule has 0 radical (unpaired) electrons. The molecular weight excluding hydrogens is 406 g/mol. The van der Waals surface area contributed by atoms with E-state index in [2.05, 4.69) is 0 Å². The highest BCUT2D eigenvalue weighted by atomic mass is 35.5. The number of halogens is 1. The molecule has 0 spiro atoms. The lowest BCUT2D eigenvalue weighted by atomic mass is 10.0. The van der Waals surface area contributed by atoms with Crippen LogP contribution in [0.15, 0.2) is 42.0 Å². The molecule has 0 bridgehead atoms. The molecule has 2 aromatic rings. The van der Waals surface area contributed by atoms with Gasteiger partial charge in [-0.2, -0.15) is 0 Å². The number of nitrogens with one attached hydrogen (secondary N) is 1. The van der Waals surface area contributed by atoms with Crippen molar-refractivity contribution in [1.82, 2.24) is 5.32 Å². The van der Waals surface area contributed by atoms with E-state index in [-0.39, 0.29) is 29.5 Å². The summed E-state index contributed by atoms with van der Waals surface area (Å²) in [6.07, 6.45) is 1.03. The summed E-state index contributed by atoms with van der Waals surface area (Å²) in [6.45, 7) is -0.106. The molecule has 0 unspecified atom stereocenters. The molecule has 11 heteroatoms. The predicted molar refractivity (Wildman–Crippen MR) is 99.7 cm³/mol. The van der Waals surface area contributed by atoms with Crippen LogP contribution >= 0.6 is 11.6 Å². The van der Waals surface area contributed by atoms with E-state index in [9.17, 15) is 24.5 Å². The summed E-state index contributed by atoms with van der Waals surface area (Å²) in [6, 6.07) is 7.28. The molecule has 0 aliphatic carbocycles. The van der Waals surface area contributed by atoms with Crippen molar-refractivity contribution >= 4 is 46.9 Å². The molecule has 2 aliphatic rings. The maximum absolute atomic E-state index is 12.9. The predicted octanol–water partition coefficient (Wildman–Crippen LogP) is 2.64. The van der Waals surface area contributed by atoms with Gasteiger partial charge in [0, 0.05) is 5.02 Å². The third kappa shape index (κ3) is 3.25. The summed E-state index contributed by atoms with van der Waals surface area (Å²) in [5, 5.41) is 13.8. The number of amides is 4. The fourth-order valence-electron chi connectivity index (χ4n) is 2.86. The molecule has 2 heterocycles. The van der Waals surface area contributed by atoms with Gasteiger partial charge in [-0.3, -0.25) is 25.0 Å². The second kappa shape index (κ2) is 6.91. The van der Waals surface area contributed by atoms with Crippen LogP contribution in [-0.4, -0.2) is 29.6 Å². The number of nitro groups is 1. The van der Waals surface area contributed by atoms with Gasteiger partial charge in [-0.05, 0) is 36.4 Å². The number of rotatable bonds is 3. The van der Waals surface area contributed by atoms with Crippen molar-refractivity contribution in [2.75, 3.05) is 11.7 Å². The van der Waals surface area contributed by atoms with Crippen molar-refractivity contribution in [1.29, 1.82) is 0 Å². The van der Waals surface area contributed by atoms with E-state index < -0.39 is 34.0 Å². The van der Waals surface area contributed by atoms with Gasteiger partial charge in [0.05, 0.1) is 22.2 Å². The zero-order chi connectivity index (χ0) is 20.7. The fourth-order valence-corrected chi connectivity index (χ4v) is 2.98. The van der Waals surface area contributed by atoms with Crippen LogP contribution in [0, 0.1) is 10.1 Å². The second-order valence-electron chi connectivity index (χ2n) is 5.96. The van der Waals surface area contributed by atoms with Gasteiger partial charge < -0.3 is 9.47 Å². The summed E-state index contributed by atoms with van der Waals surface area (Å²) in [5.41, 5.74) is -0.725. The fraction of sp³-hybridized carbons (Fsp3) is 0.0556. The van der Waals surface area contributed by atoms with Crippen molar-refractivity contribution in [3.8, 4) is 11.5 Å². The van der Waals surface area contributed by atoms with E-state index in [4.69, 9.17) is 21.1 Å². The molecule has 146 valence electrons. The maximum atomic E-state index is 12.9. The molecule has 10 nitrogen and oxygen atoms in total. The molecule has 2 aliphatic heterocycles. The number of nitrogens with zero attached hydrogens (tertiary/aromatic N) is 2. The minimum absolute atomic E-state index is 0.0526. The molecule has 29 heavy (non-hydrogen) atoms. The smallest absolute Gasteiger partial charge is 0.335 e. The lowest BCUT2D eigenvalue weighted by molar-refractivity contribution is -0.385. The molecule has 0 aromatic heterocycles. The Morgan fingerprint density at radius 1 is 1.10 bits per heavy atom. The molecule has 1 N–H and O–H groups in total.